The van der Waals surface area contributed by atoms with E-state index in [1.807, 2.05) is 48.5 Å². The minimum atomic E-state index is -0.592. The SMILES string of the molecule is C[C@H](N)C(=O)N[C@]1(c2ccc(-c3ccccc3)cc2C#N)CCNC1.Cl. The molecular formula is C20H23ClN4O. The Morgan fingerprint density at radius 2 is 2.00 bits per heavy atom. The maximum absolute atomic E-state index is 12.2. The van der Waals surface area contributed by atoms with Crippen LogP contribution in [0.15, 0.2) is 48.5 Å². The first kappa shape index (κ1) is 19.9. The first-order valence-electron chi connectivity index (χ1n) is 8.44. The van der Waals surface area contributed by atoms with Crippen molar-refractivity contribution in [2.24, 2.45) is 5.73 Å². The van der Waals surface area contributed by atoms with Gasteiger partial charge >= 0.3 is 0 Å². The molecule has 1 heterocycles. The van der Waals surface area contributed by atoms with E-state index in [4.69, 9.17) is 5.73 Å². The molecule has 0 aliphatic carbocycles. The number of carbonyl (C=O) groups is 1. The van der Waals surface area contributed by atoms with E-state index in [9.17, 15) is 10.1 Å². The summed E-state index contributed by atoms with van der Waals surface area (Å²) in [4.78, 5) is 12.2. The Balaban J connectivity index is 0.00000243. The smallest absolute Gasteiger partial charge is 0.237 e. The highest BCUT2D eigenvalue weighted by Gasteiger charge is 2.39. The van der Waals surface area contributed by atoms with Crippen molar-refractivity contribution in [1.29, 1.82) is 5.26 Å². The summed E-state index contributed by atoms with van der Waals surface area (Å²) in [6.07, 6.45) is 0.727. The van der Waals surface area contributed by atoms with Crippen LogP contribution in [0.1, 0.15) is 24.5 Å². The molecule has 26 heavy (non-hydrogen) atoms. The third-order valence-electron chi connectivity index (χ3n) is 4.69. The number of amides is 1. The summed E-state index contributed by atoms with van der Waals surface area (Å²) in [6, 6.07) is 17.5. The molecule has 0 unspecified atom stereocenters. The van der Waals surface area contributed by atoms with Crippen molar-refractivity contribution in [3.05, 3.63) is 59.7 Å². The Hall–Kier alpha value is -2.39. The molecular weight excluding hydrogens is 348 g/mol. The van der Waals surface area contributed by atoms with Crippen molar-refractivity contribution in [2.75, 3.05) is 13.1 Å². The van der Waals surface area contributed by atoms with Crippen LogP contribution in [-0.4, -0.2) is 25.0 Å². The fourth-order valence-electron chi connectivity index (χ4n) is 3.31. The molecule has 0 bridgehead atoms. The molecule has 6 heteroatoms. The standard InChI is InChI=1S/C20H22N4O.ClH/c1-14(22)19(25)24-20(9-10-23-13-20)18-8-7-16(11-17(18)12-21)15-5-3-2-4-6-15;/h2-8,11,14,23H,9-10,13,22H2,1H3,(H,24,25);1H/t14-,20+;/m0./s1. The Morgan fingerprint density at radius 1 is 1.27 bits per heavy atom. The molecule has 4 N–H and O–H groups in total. The highest BCUT2D eigenvalue weighted by Crippen LogP contribution is 2.33. The Kier molecular flexibility index (Phi) is 6.38. The summed E-state index contributed by atoms with van der Waals surface area (Å²) >= 11 is 0. The Morgan fingerprint density at radius 3 is 2.58 bits per heavy atom. The van der Waals surface area contributed by atoms with Crippen LogP contribution in [0, 0.1) is 11.3 Å². The van der Waals surface area contributed by atoms with Crippen LogP contribution in [0.25, 0.3) is 11.1 Å². The topological polar surface area (TPSA) is 90.9 Å². The van der Waals surface area contributed by atoms with Gasteiger partial charge in [-0.2, -0.15) is 5.26 Å². The van der Waals surface area contributed by atoms with Crippen molar-refractivity contribution < 1.29 is 4.79 Å². The van der Waals surface area contributed by atoms with E-state index >= 15 is 0 Å². The lowest BCUT2D eigenvalue weighted by Gasteiger charge is -2.32. The molecule has 2 aromatic carbocycles. The third-order valence-corrected chi connectivity index (χ3v) is 4.69. The highest BCUT2D eigenvalue weighted by molar-refractivity contribution is 5.85. The molecule has 0 saturated carbocycles. The van der Waals surface area contributed by atoms with E-state index < -0.39 is 11.6 Å². The molecule has 1 aliphatic rings. The number of halogens is 1. The maximum atomic E-state index is 12.2. The molecule has 2 aromatic rings. The molecule has 0 aromatic heterocycles. The molecule has 3 rings (SSSR count). The number of nitrogens with one attached hydrogen (secondary N) is 2. The second kappa shape index (κ2) is 8.33. The van der Waals surface area contributed by atoms with Gasteiger partial charge in [-0.15, -0.1) is 12.4 Å². The van der Waals surface area contributed by atoms with Crippen LogP contribution < -0.4 is 16.4 Å². The van der Waals surface area contributed by atoms with Crippen molar-refractivity contribution in [3.63, 3.8) is 0 Å². The normalized spacial score (nSPS) is 19.9. The van der Waals surface area contributed by atoms with Crippen LogP contribution >= 0.6 is 12.4 Å². The van der Waals surface area contributed by atoms with Gasteiger partial charge in [0, 0.05) is 6.54 Å². The second-order valence-electron chi connectivity index (χ2n) is 6.53. The first-order chi connectivity index (χ1) is 12.1. The van der Waals surface area contributed by atoms with Crippen LogP contribution in [0.4, 0.5) is 0 Å². The Labute approximate surface area is 160 Å². The van der Waals surface area contributed by atoms with E-state index in [0.717, 1.165) is 29.7 Å². The number of benzene rings is 2. The van der Waals surface area contributed by atoms with Crippen molar-refractivity contribution in [3.8, 4) is 17.2 Å². The van der Waals surface area contributed by atoms with E-state index in [0.29, 0.717) is 12.1 Å². The van der Waals surface area contributed by atoms with E-state index in [2.05, 4.69) is 16.7 Å². The van der Waals surface area contributed by atoms with Gasteiger partial charge in [0.25, 0.3) is 0 Å². The Bertz CT molecular complexity index is 808. The lowest BCUT2D eigenvalue weighted by Crippen LogP contribution is -2.52. The zero-order valence-electron chi connectivity index (χ0n) is 14.7. The van der Waals surface area contributed by atoms with Gasteiger partial charge in [0.15, 0.2) is 0 Å². The van der Waals surface area contributed by atoms with Gasteiger partial charge < -0.3 is 16.4 Å². The number of hydrogen-bond acceptors (Lipinski definition) is 4. The molecule has 5 nitrogen and oxygen atoms in total. The maximum Gasteiger partial charge on any atom is 0.237 e. The fourth-order valence-corrected chi connectivity index (χ4v) is 3.31. The van der Waals surface area contributed by atoms with Crippen molar-refractivity contribution in [2.45, 2.75) is 24.9 Å². The van der Waals surface area contributed by atoms with Gasteiger partial charge in [0.1, 0.15) is 0 Å². The zero-order chi connectivity index (χ0) is 17.9. The molecule has 136 valence electrons. The van der Waals surface area contributed by atoms with Gasteiger partial charge in [-0.3, -0.25) is 4.79 Å². The number of hydrogen-bond donors (Lipinski definition) is 3. The van der Waals surface area contributed by atoms with Gasteiger partial charge in [-0.25, -0.2) is 0 Å². The lowest BCUT2D eigenvalue weighted by atomic mass is 9.84. The van der Waals surface area contributed by atoms with Crippen LogP contribution in [0.2, 0.25) is 0 Å². The molecule has 1 saturated heterocycles. The number of nitrogens with two attached hydrogens (primary N) is 1. The van der Waals surface area contributed by atoms with Crippen molar-refractivity contribution in [1.82, 2.24) is 10.6 Å². The summed E-state index contributed by atoms with van der Waals surface area (Å²) in [5, 5.41) is 16.1. The van der Waals surface area contributed by atoms with E-state index in [-0.39, 0.29) is 18.3 Å². The molecule has 1 aliphatic heterocycles. The average Bonchev–Trinajstić information content (AvgIpc) is 3.11. The minimum Gasteiger partial charge on any atom is -0.344 e. The van der Waals surface area contributed by atoms with Crippen LogP contribution in [-0.2, 0) is 10.3 Å². The summed E-state index contributed by atoms with van der Waals surface area (Å²) in [5.74, 6) is -0.209. The van der Waals surface area contributed by atoms with Crippen molar-refractivity contribution >= 4 is 18.3 Å². The predicted octanol–water partition coefficient (Wildman–Crippen LogP) is 2.30. The monoisotopic (exact) mass is 370 g/mol. The van der Waals surface area contributed by atoms with Crippen LogP contribution in [0.5, 0.6) is 0 Å². The summed E-state index contributed by atoms with van der Waals surface area (Å²) < 4.78 is 0. The van der Waals surface area contributed by atoms with Gasteiger partial charge in [0.05, 0.1) is 23.2 Å². The number of rotatable bonds is 4. The quantitative estimate of drug-likeness (QED) is 0.770. The average molecular weight is 371 g/mol. The minimum absolute atomic E-state index is 0. The number of nitrogens with zero attached hydrogens (tertiary/aromatic N) is 1. The molecule has 0 radical (unpaired) electrons. The second-order valence-corrected chi connectivity index (χ2v) is 6.53. The molecule has 2 atom stereocenters. The lowest BCUT2D eigenvalue weighted by molar-refractivity contribution is -0.123. The van der Waals surface area contributed by atoms with E-state index in [1.54, 1.807) is 6.92 Å². The third kappa shape index (κ3) is 3.88. The summed E-state index contributed by atoms with van der Waals surface area (Å²) in [6.45, 7) is 3.03. The number of carbonyl (C=O) groups excluding carboxylic acids is 1. The summed E-state index contributed by atoms with van der Waals surface area (Å²) in [7, 11) is 0. The van der Waals surface area contributed by atoms with Gasteiger partial charge in [-0.05, 0) is 42.6 Å². The molecule has 1 fully saturated rings. The van der Waals surface area contributed by atoms with Crippen LogP contribution in [0.3, 0.4) is 0 Å². The molecule has 1 amide bonds. The largest absolute Gasteiger partial charge is 0.344 e. The predicted molar refractivity (Wildman–Crippen MR) is 105 cm³/mol. The first-order valence-corrected chi connectivity index (χ1v) is 8.44. The van der Waals surface area contributed by atoms with E-state index in [1.165, 1.54) is 0 Å². The highest BCUT2D eigenvalue weighted by atomic mass is 35.5. The fraction of sp³-hybridized carbons (Fsp3) is 0.300. The zero-order valence-corrected chi connectivity index (χ0v) is 15.5. The van der Waals surface area contributed by atoms with Gasteiger partial charge in [-0.1, -0.05) is 42.5 Å². The summed E-state index contributed by atoms with van der Waals surface area (Å²) in [5.41, 5.74) is 8.60. The molecule has 0 spiro atoms. The van der Waals surface area contributed by atoms with Gasteiger partial charge in [0.2, 0.25) is 5.91 Å². The number of nitriles is 1.